The minimum absolute atomic E-state index is 0.0340. The molecule has 1 aromatic carbocycles. The summed E-state index contributed by atoms with van der Waals surface area (Å²) >= 11 is 11.8. The number of rotatable bonds is 4. The Morgan fingerprint density at radius 3 is 2.57 bits per heavy atom. The van der Waals surface area contributed by atoms with E-state index < -0.39 is 16.1 Å². The number of nitrogens with two attached hydrogens (primary N) is 1. The van der Waals surface area contributed by atoms with Crippen molar-refractivity contribution in [1.82, 2.24) is 9.71 Å². The number of hydrogen-bond donors (Lipinski definition) is 2. The molecule has 8 heteroatoms. The first-order chi connectivity index (χ1) is 9.83. The first-order valence-electron chi connectivity index (χ1n) is 5.99. The second-order valence-corrected chi connectivity index (χ2v) is 6.84. The molecule has 1 heterocycles. The minimum Gasteiger partial charge on any atom is -0.396 e. The van der Waals surface area contributed by atoms with Crippen LogP contribution in [0.15, 0.2) is 41.4 Å². The van der Waals surface area contributed by atoms with E-state index >= 15 is 0 Å². The van der Waals surface area contributed by atoms with Gasteiger partial charge in [-0.3, -0.25) is 4.98 Å². The topological polar surface area (TPSA) is 85.1 Å². The van der Waals surface area contributed by atoms with E-state index in [0.717, 1.165) is 0 Å². The largest absolute Gasteiger partial charge is 0.396 e. The zero-order valence-electron chi connectivity index (χ0n) is 11.0. The number of aromatic nitrogens is 1. The quantitative estimate of drug-likeness (QED) is 0.834. The van der Waals surface area contributed by atoms with Crippen molar-refractivity contribution in [1.29, 1.82) is 0 Å². The molecule has 0 spiro atoms. The molecule has 112 valence electrons. The molecule has 1 unspecified atom stereocenters. The molecule has 2 aromatic rings. The van der Waals surface area contributed by atoms with Crippen LogP contribution in [0.2, 0.25) is 10.0 Å². The Balaban J connectivity index is 2.33. The third kappa shape index (κ3) is 3.47. The molecule has 2 rings (SSSR count). The smallest absolute Gasteiger partial charge is 0.242 e. The Morgan fingerprint density at radius 2 is 1.95 bits per heavy atom. The maximum Gasteiger partial charge on any atom is 0.242 e. The molecule has 0 radical (unpaired) electrons. The number of benzene rings is 1. The monoisotopic (exact) mass is 345 g/mol. The van der Waals surface area contributed by atoms with Crippen LogP contribution in [0.5, 0.6) is 0 Å². The number of pyridine rings is 1. The van der Waals surface area contributed by atoms with Crippen molar-refractivity contribution < 1.29 is 8.42 Å². The van der Waals surface area contributed by atoms with Crippen LogP contribution in [0.25, 0.3) is 0 Å². The van der Waals surface area contributed by atoms with Gasteiger partial charge in [-0.2, -0.15) is 0 Å². The highest BCUT2D eigenvalue weighted by Crippen LogP contribution is 2.33. The van der Waals surface area contributed by atoms with Gasteiger partial charge in [-0.1, -0.05) is 29.3 Å². The van der Waals surface area contributed by atoms with E-state index in [1.807, 2.05) is 0 Å². The molecule has 0 saturated carbocycles. The number of halogens is 2. The molecule has 1 aromatic heterocycles. The van der Waals surface area contributed by atoms with Crippen molar-refractivity contribution in [2.24, 2.45) is 0 Å². The standard InChI is InChI=1S/C13H13Cl2N3O2S/c1-8(10-4-2-3-7-17-10)18-21(19,20)11-6-5-9(14)13(16)12(11)15/h2-8,18H,16H2,1H3. The van der Waals surface area contributed by atoms with E-state index in [-0.39, 0.29) is 20.6 Å². The molecule has 1 atom stereocenters. The second-order valence-electron chi connectivity index (χ2n) is 4.37. The van der Waals surface area contributed by atoms with Gasteiger partial charge in [-0.05, 0) is 31.2 Å². The summed E-state index contributed by atoms with van der Waals surface area (Å²) in [6.45, 7) is 1.69. The SMILES string of the molecule is CC(NS(=O)(=O)c1ccc(Cl)c(N)c1Cl)c1ccccn1. The van der Waals surface area contributed by atoms with Gasteiger partial charge in [0.05, 0.1) is 27.5 Å². The summed E-state index contributed by atoms with van der Waals surface area (Å²) in [4.78, 5) is 3.99. The fourth-order valence-corrected chi connectivity index (χ4v) is 3.73. The highest BCUT2D eigenvalue weighted by molar-refractivity contribution is 7.89. The minimum atomic E-state index is -3.84. The van der Waals surface area contributed by atoms with Gasteiger partial charge in [0.15, 0.2) is 0 Å². The lowest BCUT2D eigenvalue weighted by atomic mass is 10.2. The Labute approximate surface area is 133 Å². The zero-order chi connectivity index (χ0) is 15.6. The molecule has 0 saturated heterocycles. The van der Waals surface area contributed by atoms with Gasteiger partial charge < -0.3 is 5.73 Å². The van der Waals surface area contributed by atoms with Gasteiger partial charge in [0.1, 0.15) is 4.90 Å². The molecule has 0 amide bonds. The van der Waals surface area contributed by atoms with E-state index in [2.05, 4.69) is 9.71 Å². The number of hydrogen-bond acceptors (Lipinski definition) is 4. The summed E-state index contributed by atoms with van der Waals surface area (Å²) in [7, 11) is -3.84. The third-order valence-corrected chi connectivity index (χ3v) is 5.28. The van der Waals surface area contributed by atoms with Gasteiger partial charge in [0.2, 0.25) is 10.0 Å². The number of sulfonamides is 1. The lowest BCUT2D eigenvalue weighted by Crippen LogP contribution is -2.27. The fraction of sp³-hybridized carbons (Fsp3) is 0.154. The molecular weight excluding hydrogens is 333 g/mol. The fourth-order valence-electron chi connectivity index (χ4n) is 1.75. The second kappa shape index (κ2) is 6.19. The van der Waals surface area contributed by atoms with Crippen LogP contribution in [-0.4, -0.2) is 13.4 Å². The van der Waals surface area contributed by atoms with Gasteiger partial charge in [-0.15, -0.1) is 0 Å². The van der Waals surface area contributed by atoms with E-state index in [1.54, 1.807) is 31.3 Å². The Kier molecular flexibility index (Phi) is 4.73. The summed E-state index contributed by atoms with van der Waals surface area (Å²) in [5.41, 5.74) is 6.28. The van der Waals surface area contributed by atoms with Gasteiger partial charge in [-0.25, -0.2) is 13.1 Å². The summed E-state index contributed by atoms with van der Waals surface area (Å²) < 4.78 is 27.3. The van der Waals surface area contributed by atoms with E-state index in [4.69, 9.17) is 28.9 Å². The van der Waals surface area contributed by atoms with E-state index in [1.165, 1.54) is 12.1 Å². The normalized spacial score (nSPS) is 13.1. The van der Waals surface area contributed by atoms with Crippen LogP contribution < -0.4 is 10.5 Å². The summed E-state index contributed by atoms with van der Waals surface area (Å²) in [6, 6.07) is 7.45. The van der Waals surface area contributed by atoms with Crippen molar-refractivity contribution >= 4 is 38.9 Å². The molecule has 21 heavy (non-hydrogen) atoms. The Hall–Kier alpha value is -1.34. The number of anilines is 1. The Morgan fingerprint density at radius 1 is 1.24 bits per heavy atom. The number of nitrogens with zero attached hydrogens (tertiary/aromatic N) is 1. The molecule has 3 N–H and O–H groups in total. The number of nitrogen functional groups attached to an aromatic ring is 1. The van der Waals surface area contributed by atoms with Crippen molar-refractivity contribution in [3.63, 3.8) is 0 Å². The summed E-state index contributed by atoms with van der Waals surface area (Å²) in [5.74, 6) is 0. The molecule has 0 aliphatic carbocycles. The van der Waals surface area contributed by atoms with Gasteiger partial charge in [0, 0.05) is 6.20 Å². The molecular formula is C13H13Cl2N3O2S. The zero-order valence-corrected chi connectivity index (χ0v) is 13.4. The van der Waals surface area contributed by atoms with Crippen molar-refractivity contribution in [2.75, 3.05) is 5.73 Å². The van der Waals surface area contributed by atoms with Crippen LogP contribution in [0, 0.1) is 0 Å². The molecule has 5 nitrogen and oxygen atoms in total. The van der Waals surface area contributed by atoms with Crippen LogP contribution >= 0.6 is 23.2 Å². The van der Waals surface area contributed by atoms with E-state index in [9.17, 15) is 8.42 Å². The average molecular weight is 346 g/mol. The lowest BCUT2D eigenvalue weighted by molar-refractivity contribution is 0.564. The highest BCUT2D eigenvalue weighted by atomic mass is 35.5. The third-order valence-electron chi connectivity index (χ3n) is 2.84. The van der Waals surface area contributed by atoms with Crippen LogP contribution in [0.1, 0.15) is 18.7 Å². The maximum atomic E-state index is 12.4. The predicted molar refractivity (Wildman–Crippen MR) is 83.8 cm³/mol. The molecule has 0 fully saturated rings. The first kappa shape index (κ1) is 16.0. The van der Waals surface area contributed by atoms with Crippen LogP contribution in [-0.2, 0) is 10.0 Å². The van der Waals surface area contributed by atoms with E-state index in [0.29, 0.717) is 5.69 Å². The average Bonchev–Trinajstić information content (AvgIpc) is 2.45. The van der Waals surface area contributed by atoms with Crippen molar-refractivity contribution in [2.45, 2.75) is 17.9 Å². The summed E-state index contributed by atoms with van der Waals surface area (Å²) in [5, 5.41) is 0.111. The van der Waals surface area contributed by atoms with Crippen LogP contribution in [0.3, 0.4) is 0 Å². The van der Waals surface area contributed by atoms with Crippen LogP contribution in [0.4, 0.5) is 5.69 Å². The summed E-state index contributed by atoms with van der Waals surface area (Å²) in [6.07, 6.45) is 1.59. The molecule has 0 aliphatic rings. The van der Waals surface area contributed by atoms with Gasteiger partial charge >= 0.3 is 0 Å². The number of nitrogens with one attached hydrogen (secondary N) is 1. The van der Waals surface area contributed by atoms with Gasteiger partial charge in [0.25, 0.3) is 0 Å². The predicted octanol–water partition coefficient (Wildman–Crippen LogP) is 3.01. The molecule has 0 bridgehead atoms. The Bertz CT molecular complexity index is 752. The highest BCUT2D eigenvalue weighted by Gasteiger charge is 2.23. The van der Waals surface area contributed by atoms with Crippen molar-refractivity contribution in [3.8, 4) is 0 Å². The lowest BCUT2D eigenvalue weighted by Gasteiger charge is -2.15. The molecule has 0 aliphatic heterocycles. The first-order valence-corrected chi connectivity index (χ1v) is 8.23. The maximum absolute atomic E-state index is 12.4. The van der Waals surface area contributed by atoms with Crippen molar-refractivity contribution in [3.05, 3.63) is 52.3 Å².